The third-order valence-corrected chi connectivity index (χ3v) is 4.38. The number of benzene rings is 3. The van der Waals surface area contributed by atoms with Crippen molar-refractivity contribution in [3.63, 3.8) is 0 Å². The average Bonchev–Trinajstić information content (AvgIpc) is 2.49. The van der Waals surface area contributed by atoms with Gasteiger partial charge in [0.1, 0.15) is 0 Å². The van der Waals surface area contributed by atoms with Crippen molar-refractivity contribution in [2.45, 2.75) is 26.8 Å². The Kier molecular flexibility index (Phi) is 3.52. The minimum absolute atomic E-state index is 0.0876. The van der Waals surface area contributed by atoms with E-state index in [1.165, 1.54) is 38.6 Å². The van der Waals surface area contributed by atoms with Crippen molar-refractivity contribution in [2.75, 3.05) is 0 Å². The van der Waals surface area contributed by atoms with E-state index in [2.05, 4.69) is 75.4 Å². The molecule has 3 aromatic carbocycles. The van der Waals surface area contributed by atoms with Crippen molar-refractivity contribution in [2.24, 2.45) is 5.73 Å². The maximum absolute atomic E-state index is 6.60. The lowest BCUT2D eigenvalue weighted by atomic mass is 9.90. The molecule has 0 fully saturated rings. The van der Waals surface area contributed by atoms with Gasteiger partial charge in [-0.3, -0.25) is 0 Å². The average molecular weight is 275 g/mol. The van der Waals surface area contributed by atoms with Gasteiger partial charge in [-0.15, -0.1) is 0 Å². The molecule has 0 aliphatic rings. The predicted octanol–water partition coefficient (Wildman–Crippen LogP) is 4.81. The van der Waals surface area contributed by atoms with Crippen molar-refractivity contribution in [3.8, 4) is 0 Å². The molecule has 0 aliphatic carbocycles. The highest BCUT2D eigenvalue weighted by Crippen LogP contribution is 2.30. The van der Waals surface area contributed by atoms with E-state index in [0.717, 1.165) is 0 Å². The van der Waals surface area contributed by atoms with Gasteiger partial charge in [-0.2, -0.15) is 0 Å². The third-order valence-electron chi connectivity index (χ3n) is 4.38. The standard InChI is InChI=1S/C20H21N/c1-13-11-15(3)19(12-14(13)2)20(21)18-10-6-8-16-7-4-5-9-17(16)18/h4-12,20H,21H2,1-3H3. The van der Waals surface area contributed by atoms with Crippen LogP contribution in [0.3, 0.4) is 0 Å². The van der Waals surface area contributed by atoms with Crippen molar-refractivity contribution in [3.05, 3.63) is 82.4 Å². The largest absolute Gasteiger partial charge is 0.320 e. The summed E-state index contributed by atoms with van der Waals surface area (Å²) >= 11 is 0. The van der Waals surface area contributed by atoms with Crippen molar-refractivity contribution >= 4 is 10.8 Å². The van der Waals surface area contributed by atoms with Crippen LogP contribution in [0.15, 0.2) is 54.6 Å². The molecule has 0 spiro atoms. The third kappa shape index (κ3) is 2.45. The van der Waals surface area contributed by atoms with Crippen molar-refractivity contribution in [1.82, 2.24) is 0 Å². The molecule has 3 aromatic rings. The van der Waals surface area contributed by atoms with Gasteiger partial charge in [-0.1, -0.05) is 54.6 Å². The van der Waals surface area contributed by atoms with Crippen LogP contribution in [-0.4, -0.2) is 0 Å². The fraction of sp³-hybridized carbons (Fsp3) is 0.200. The van der Waals surface area contributed by atoms with E-state index in [4.69, 9.17) is 5.73 Å². The summed E-state index contributed by atoms with van der Waals surface area (Å²) in [6, 6.07) is 19.2. The first-order valence-corrected chi connectivity index (χ1v) is 7.39. The first-order chi connectivity index (χ1) is 10.1. The van der Waals surface area contributed by atoms with Crippen LogP contribution in [0, 0.1) is 20.8 Å². The maximum Gasteiger partial charge on any atom is 0.0560 e. The van der Waals surface area contributed by atoms with Gasteiger partial charge in [0, 0.05) is 0 Å². The van der Waals surface area contributed by atoms with Crippen LogP contribution in [0.2, 0.25) is 0 Å². The van der Waals surface area contributed by atoms with E-state index in [0.29, 0.717) is 0 Å². The summed E-state index contributed by atoms with van der Waals surface area (Å²) in [6.45, 7) is 6.44. The van der Waals surface area contributed by atoms with Gasteiger partial charge in [0.25, 0.3) is 0 Å². The minimum atomic E-state index is -0.0876. The molecular formula is C20H21N. The highest BCUT2D eigenvalue weighted by atomic mass is 14.6. The van der Waals surface area contributed by atoms with E-state index < -0.39 is 0 Å². The molecule has 0 radical (unpaired) electrons. The highest BCUT2D eigenvalue weighted by molar-refractivity contribution is 5.86. The summed E-state index contributed by atoms with van der Waals surface area (Å²) < 4.78 is 0. The van der Waals surface area contributed by atoms with Crippen LogP contribution in [0.4, 0.5) is 0 Å². The van der Waals surface area contributed by atoms with E-state index in [9.17, 15) is 0 Å². The molecule has 0 aromatic heterocycles. The monoisotopic (exact) mass is 275 g/mol. The van der Waals surface area contributed by atoms with Gasteiger partial charge in [0.15, 0.2) is 0 Å². The molecule has 106 valence electrons. The van der Waals surface area contributed by atoms with Gasteiger partial charge >= 0.3 is 0 Å². The molecule has 0 saturated carbocycles. The molecule has 1 unspecified atom stereocenters. The van der Waals surface area contributed by atoms with Crippen LogP contribution >= 0.6 is 0 Å². The Labute approximate surface area is 126 Å². The minimum Gasteiger partial charge on any atom is -0.320 e. The molecule has 21 heavy (non-hydrogen) atoms. The lowest BCUT2D eigenvalue weighted by Crippen LogP contribution is -2.14. The lowest BCUT2D eigenvalue weighted by Gasteiger charge is -2.19. The summed E-state index contributed by atoms with van der Waals surface area (Å²) in [4.78, 5) is 0. The van der Waals surface area contributed by atoms with Crippen LogP contribution < -0.4 is 5.73 Å². The molecule has 2 N–H and O–H groups in total. The Morgan fingerprint density at radius 3 is 2.19 bits per heavy atom. The molecule has 3 rings (SSSR count). The quantitative estimate of drug-likeness (QED) is 0.713. The van der Waals surface area contributed by atoms with Gasteiger partial charge in [0.05, 0.1) is 6.04 Å². The van der Waals surface area contributed by atoms with Gasteiger partial charge in [0.2, 0.25) is 0 Å². The lowest BCUT2D eigenvalue weighted by molar-refractivity contribution is 0.867. The molecular weight excluding hydrogens is 254 g/mol. The fourth-order valence-corrected chi connectivity index (χ4v) is 3.01. The smallest absolute Gasteiger partial charge is 0.0560 e. The molecule has 0 amide bonds. The van der Waals surface area contributed by atoms with Crippen molar-refractivity contribution < 1.29 is 0 Å². The first kappa shape index (κ1) is 13.8. The normalized spacial score (nSPS) is 12.6. The van der Waals surface area contributed by atoms with Crippen LogP contribution in [0.5, 0.6) is 0 Å². The second-order valence-electron chi connectivity index (χ2n) is 5.84. The van der Waals surface area contributed by atoms with E-state index in [-0.39, 0.29) is 6.04 Å². The zero-order chi connectivity index (χ0) is 15.0. The molecule has 1 nitrogen and oxygen atoms in total. The predicted molar refractivity (Wildman–Crippen MR) is 90.6 cm³/mol. The molecule has 1 heteroatoms. The highest BCUT2D eigenvalue weighted by Gasteiger charge is 2.15. The molecule has 0 bridgehead atoms. The van der Waals surface area contributed by atoms with E-state index in [1.54, 1.807) is 0 Å². The molecule has 0 heterocycles. The molecule has 0 aliphatic heterocycles. The summed E-state index contributed by atoms with van der Waals surface area (Å²) in [6.07, 6.45) is 0. The van der Waals surface area contributed by atoms with Gasteiger partial charge < -0.3 is 5.73 Å². The number of nitrogens with two attached hydrogens (primary N) is 1. The summed E-state index contributed by atoms with van der Waals surface area (Å²) in [5, 5.41) is 2.48. The number of hydrogen-bond donors (Lipinski definition) is 1. The number of fused-ring (bicyclic) bond motifs is 1. The topological polar surface area (TPSA) is 26.0 Å². The summed E-state index contributed by atoms with van der Waals surface area (Å²) in [5.74, 6) is 0. The SMILES string of the molecule is Cc1cc(C)c(C(N)c2cccc3ccccc23)cc1C. The Balaban J connectivity index is 2.17. The first-order valence-electron chi connectivity index (χ1n) is 7.39. The Hall–Kier alpha value is -2.12. The second-order valence-corrected chi connectivity index (χ2v) is 5.84. The van der Waals surface area contributed by atoms with Crippen LogP contribution in [0.1, 0.15) is 33.9 Å². The van der Waals surface area contributed by atoms with E-state index in [1.807, 2.05) is 0 Å². The zero-order valence-corrected chi connectivity index (χ0v) is 12.9. The Morgan fingerprint density at radius 2 is 1.38 bits per heavy atom. The number of rotatable bonds is 2. The molecule has 0 saturated heterocycles. The second kappa shape index (κ2) is 5.34. The fourth-order valence-electron chi connectivity index (χ4n) is 3.01. The summed E-state index contributed by atoms with van der Waals surface area (Å²) in [7, 11) is 0. The summed E-state index contributed by atoms with van der Waals surface area (Å²) in [5.41, 5.74) is 12.9. The van der Waals surface area contributed by atoms with Gasteiger partial charge in [-0.25, -0.2) is 0 Å². The van der Waals surface area contributed by atoms with E-state index >= 15 is 0 Å². The van der Waals surface area contributed by atoms with Crippen LogP contribution in [-0.2, 0) is 0 Å². The number of aryl methyl sites for hydroxylation is 3. The van der Waals surface area contributed by atoms with Gasteiger partial charge in [-0.05, 0) is 59.4 Å². The number of hydrogen-bond acceptors (Lipinski definition) is 1. The Morgan fingerprint density at radius 1 is 0.714 bits per heavy atom. The zero-order valence-electron chi connectivity index (χ0n) is 12.9. The van der Waals surface area contributed by atoms with Crippen molar-refractivity contribution in [1.29, 1.82) is 0 Å². The maximum atomic E-state index is 6.60. The Bertz CT molecular complexity index is 797. The van der Waals surface area contributed by atoms with Crippen LogP contribution in [0.25, 0.3) is 10.8 Å². The molecule has 1 atom stereocenters.